The maximum Gasteiger partial charge on any atom is 0.262 e. The van der Waals surface area contributed by atoms with Crippen molar-refractivity contribution in [2.45, 2.75) is 58.2 Å². The average molecular weight is 333 g/mol. The van der Waals surface area contributed by atoms with Crippen molar-refractivity contribution < 1.29 is 4.74 Å². The third-order valence-electron chi connectivity index (χ3n) is 4.90. The van der Waals surface area contributed by atoms with E-state index in [0.717, 1.165) is 60.4 Å². The summed E-state index contributed by atoms with van der Waals surface area (Å²) in [5.74, 6) is 0.879. The van der Waals surface area contributed by atoms with Crippen LogP contribution in [-0.4, -0.2) is 28.8 Å². The molecule has 0 aromatic carbocycles. The minimum atomic E-state index is 0.147. The van der Waals surface area contributed by atoms with Gasteiger partial charge in [-0.1, -0.05) is 0 Å². The molecule has 23 heavy (non-hydrogen) atoms. The van der Waals surface area contributed by atoms with Crippen LogP contribution in [0.25, 0.3) is 10.2 Å². The maximum atomic E-state index is 13.0. The van der Waals surface area contributed by atoms with Gasteiger partial charge in [0.1, 0.15) is 10.7 Å². The summed E-state index contributed by atoms with van der Waals surface area (Å²) in [6.07, 6.45) is 4.77. The molecule has 1 unspecified atom stereocenters. The first-order valence-corrected chi connectivity index (χ1v) is 9.30. The Morgan fingerprint density at radius 3 is 2.87 bits per heavy atom. The Bertz CT molecular complexity index is 785. The van der Waals surface area contributed by atoms with Crippen molar-refractivity contribution in [3.8, 4) is 0 Å². The fraction of sp³-hybridized carbons (Fsp3) is 0.647. The smallest absolute Gasteiger partial charge is 0.262 e. The molecule has 1 aliphatic heterocycles. The van der Waals surface area contributed by atoms with E-state index in [9.17, 15) is 4.79 Å². The van der Waals surface area contributed by atoms with Crippen LogP contribution in [0.15, 0.2) is 4.79 Å². The van der Waals surface area contributed by atoms with Gasteiger partial charge in [0.15, 0.2) is 0 Å². The van der Waals surface area contributed by atoms with Crippen LogP contribution in [0.4, 0.5) is 0 Å². The molecule has 4 rings (SSSR count). The van der Waals surface area contributed by atoms with E-state index in [1.807, 2.05) is 11.5 Å². The van der Waals surface area contributed by atoms with Gasteiger partial charge in [-0.3, -0.25) is 9.36 Å². The first-order valence-electron chi connectivity index (χ1n) is 8.48. The summed E-state index contributed by atoms with van der Waals surface area (Å²) in [4.78, 5) is 19.9. The van der Waals surface area contributed by atoms with Gasteiger partial charge >= 0.3 is 0 Å². The molecule has 2 aliphatic rings. The zero-order valence-electron chi connectivity index (χ0n) is 13.7. The second-order valence-electron chi connectivity index (χ2n) is 6.66. The van der Waals surface area contributed by atoms with Crippen LogP contribution < -0.4 is 10.9 Å². The number of fused-ring (bicyclic) bond motifs is 1. The van der Waals surface area contributed by atoms with Gasteiger partial charge in [-0.25, -0.2) is 4.98 Å². The van der Waals surface area contributed by atoms with Crippen molar-refractivity contribution in [3.05, 3.63) is 26.6 Å². The third-order valence-corrected chi connectivity index (χ3v) is 6.00. The van der Waals surface area contributed by atoms with Crippen LogP contribution in [0.5, 0.6) is 0 Å². The van der Waals surface area contributed by atoms with Crippen molar-refractivity contribution in [2.75, 3.05) is 13.2 Å². The quantitative estimate of drug-likeness (QED) is 0.914. The van der Waals surface area contributed by atoms with Crippen molar-refractivity contribution in [1.29, 1.82) is 0 Å². The second kappa shape index (κ2) is 6.00. The number of thiophene rings is 1. The lowest BCUT2D eigenvalue weighted by atomic mass is 10.2. The number of rotatable bonds is 5. The van der Waals surface area contributed by atoms with Crippen LogP contribution in [-0.2, 0) is 11.3 Å². The topological polar surface area (TPSA) is 56.2 Å². The number of hydrogen-bond acceptors (Lipinski definition) is 5. The predicted molar refractivity (Wildman–Crippen MR) is 92.3 cm³/mol. The monoisotopic (exact) mass is 333 g/mol. The molecule has 2 fully saturated rings. The van der Waals surface area contributed by atoms with E-state index in [-0.39, 0.29) is 5.56 Å². The number of nitrogens with zero attached hydrogens (tertiary/aromatic N) is 2. The number of aromatic nitrogens is 2. The third kappa shape index (κ3) is 2.84. The zero-order chi connectivity index (χ0) is 16.0. The van der Waals surface area contributed by atoms with Crippen LogP contribution in [0, 0.1) is 13.8 Å². The molecule has 0 bridgehead atoms. The van der Waals surface area contributed by atoms with E-state index >= 15 is 0 Å². The van der Waals surface area contributed by atoms with Gasteiger partial charge in [0.05, 0.1) is 18.0 Å². The maximum absolute atomic E-state index is 13.0. The zero-order valence-corrected chi connectivity index (χ0v) is 14.5. The van der Waals surface area contributed by atoms with Crippen molar-refractivity contribution in [3.63, 3.8) is 0 Å². The van der Waals surface area contributed by atoms with E-state index in [2.05, 4.69) is 12.2 Å². The Labute approximate surface area is 139 Å². The molecule has 124 valence electrons. The van der Waals surface area contributed by atoms with Gasteiger partial charge < -0.3 is 10.1 Å². The van der Waals surface area contributed by atoms with Gasteiger partial charge in [0.2, 0.25) is 0 Å². The lowest BCUT2D eigenvalue weighted by Crippen LogP contribution is -2.31. The molecule has 2 aromatic heterocycles. The van der Waals surface area contributed by atoms with Gasteiger partial charge in [0, 0.05) is 24.1 Å². The Morgan fingerprint density at radius 2 is 2.17 bits per heavy atom. The van der Waals surface area contributed by atoms with Crippen LogP contribution in [0.1, 0.15) is 48.0 Å². The summed E-state index contributed by atoms with van der Waals surface area (Å²) in [6.45, 7) is 6.44. The lowest BCUT2D eigenvalue weighted by molar-refractivity contribution is 0.109. The van der Waals surface area contributed by atoms with Crippen molar-refractivity contribution in [2.24, 2.45) is 0 Å². The van der Waals surface area contributed by atoms with Crippen LogP contribution in [0.2, 0.25) is 0 Å². The highest BCUT2D eigenvalue weighted by Crippen LogP contribution is 2.36. The number of nitrogens with one attached hydrogen (secondary N) is 1. The van der Waals surface area contributed by atoms with Gasteiger partial charge in [-0.05, 0) is 45.1 Å². The van der Waals surface area contributed by atoms with E-state index in [1.54, 1.807) is 11.3 Å². The fourth-order valence-electron chi connectivity index (χ4n) is 3.33. The average Bonchev–Trinajstić information content (AvgIpc) is 3.13. The number of ether oxygens (including phenoxy) is 1. The molecule has 6 heteroatoms. The number of aryl methyl sites for hydroxylation is 2. The fourth-order valence-corrected chi connectivity index (χ4v) is 4.37. The first kappa shape index (κ1) is 15.3. The Morgan fingerprint density at radius 1 is 1.35 bits per heavy atom. The summed E-state index contributed by atoms with van der Waals surface area (Å²) in [5, 5.41) is 4.26. The Balaban J connectivity index is 1.64. The molecule has 3 heterocycles. The van der Waals surface area contributed by atoms with E-state index in [1.165, 1.54) is 4.88 Å². The molecular formula is C17H23N3O2S. The predicted octanol–water partition coefficient (Wildman–Crippen LogP) is 2.68. The Kier molecular flexibility index (Phi) is 3.99. The highest BCUT2D eigenvalue weighted by molar-refractivity contribution is 7.18. The first-order chi connectivity index (χ1) is 11.1. The summed E-state index contributed by atoms with van der Waals surface area (Å²) >= 11 is 1.63. The summed E-state index contributed by atoms with van der Waals surface area (Å²) in [6, 6.07) is 0.346. The minimum Gasteiger partial charge on any atom is -0.377 e. The van der Waals surface area contributed by atoms with Gasteiger partial charge in [0.25, 0.3) is 5.56 Å². The van der Waals surface area contributed by atoms with E-state index < -0.39 is 0 Å². The van der Waals surface area contributed by atoms with E-state index in [0.29, 0.717) is 18.7 Å². The minimum absolute atomic E-state index is 0.147. The molecule has 1 aliphatic carbocycles. The molecule has 0 radical (unpaired) electrons. The van der Waals surface area contributed by atoms with Crippen LogP contribution >= 0.6 is 11.3 Å². The molecule has 2 aromatic rings. The van der Waals surface area contributed by atoms with E-state index in [4.69, 9.17) is 9.72 Å². The van der Waals surface area contributed by atoms with Gasteiger partial charge in [-0.2, -0.15) is 0 Å². The molecule has 0 amide bonds. The van der Waals surface area contributed by atoms with Crippen molar-refractivity contribution in [1.82, 2.24) is 14.9 Å². The second-order valence-corrected chi connectivity index (χ2v) is 7.87. The number of hydrogen-bond donors (Lipinski definition) is 1. The molecule has 1 N–H and O–H groups in total. The molecule has 1 atom stereocenters. The summed E-state index contributed by atoms with van der Waals surface area (Å²) in [7, 11) is 0. The van der Waals surface area contributed by atoms with Crippen LogP contribution in [0.3, 0.4) is 0 Å². The standard InChI is InChI=1S/C17H23N3O2S/c1-10-11(2)23-16-15(10)17(21)20(12-5-6-12)14(19-16)9-18-8-13-4-3-7-22-13/h12-13,18H,3-9H2,1-2H3. The normalized spacial score (nSPS) is 21.4. The largest absolute Gasteiger partial charge is 0.377 e. The molecule has 5 nitrogen and oxygen atoms in total. The SMILES string of the molecule is Cc1sc2nc(CNCC3CCCO3)n(C3CC3)c(=O)c2c1C. The summed E-state index contributed by atoms with van der Waals surface area (Å²) in [5.41, 5.74) is 1.24. The summed E-state index contributed by atoms with van der Waals surface area (Å²) < 4.78 is 7.58. The highest BCUT2D eigenvalue weighted by atomic mass is 32.1. The van der Waals surface area contributed by atoms with Crippen molar-refractivity contribution >= 4 is 21.6 Å². The highest BCUT2D eigenvalue weighted by Gasteiger charge is 2.29. The Hall–Kier alpha value is -1.24. The molecule has 1 saturated heterocycles. The molecule has 1 saturated carbocycles. The lowest BCUT2D eigenvalue weighted by Gasteiger charge is -2.14. The molecule has 0 spiro atoms. The van der Waals surface area contributed by atoms with Gasteiger partial charge in [-0.15, -0.1) is 11.3 Å². The molecular weight excluding hydrogens is 310 g/mol.